The van der Waals surface area contributed by atoms with Crippen LogP contribution in [-0.2, 0) is 33.2 Å². The van der Waals surface area contributed by atoms with Crippen LogP contribution in [0.25, 0.3) is 0 Å². The average molecular weight is 529 g/mol. The van der Waals surface area contributed by atoms with Crippen molar-refractivity contribution in [2.75, 3.05) is 20.0 Å². The highest BCUT2D eigenvalue weighted by atomic mass is 16.9. The third-order valence-corrected chi connectivity index (χ3v) is 11.5. The molecule has 11 atom stereocenters. The summed E-state index contributed by atoms with van der Waals surface area (Å²) in [4.78, 5) is 11.8. The van der Waals surface area contributed by atoms with E-state index < -0.39 is 29.2 Å². The minimum atomic E-state index is -1.32. The molecule has 9 heteroatoms. The van der Waals surface area contributed by atoms with Gasteiger partial charge in [0.05, 0.1) is 12.7 Å². The zero-order valence-corrected chi connectivity index (χ0v) is 21.9. The van der Waals surface area contributed by atoms with Crippen LogP contribution in [0, 0.1) is 22.7 Å². The molecule has 4 heterocycles. The normalized spacial score (nSPS) is 54.8. The molecular formula is C29H36O9. The maximum absolute atomic E-state index is 12.5. The summed E-state index contributed by atoms with van der Waals surface area (Å²) < 4.78 is 36.2. The largest absolute Gasteiger partial charge is 0.458 e. The van der Waals surface area contributed by atoms with Crippen molar-refractivity contribution in [3.63, 3.8) is 0 Å². The fourth-order valence-electron chi connectivity index (χ4n) is 9.57. The molecule has 0 aromatic rings. The Bertz CT molecular complexity index is 1180. The van der Waals surface area contributed by atoms with Gasteiger partial charge < -0.3 is 38.6 Å². The van der Waals surface area contributed by atoms with Crippen LogP contribution in [0.15, 0.2) is 34.9 Å². The highest BCUT2D eigenvalue weighted by Crippen LogP contribution is 2.68. The quantitative estimate of drug-likeness (QED) is 0.391. The Kier molecular flexibility index (Phi) is 4.96. The predicted octanol–water partition coefficient (Wildman–Crippen LogP) is 2.26. The molecule has 9 nitrogen and oxygen atoms in total. The average Bonchev–Trinajstić information content (AvgIpc) is 3.56. The van der Waals surface area contributed by atoms with Gasteiger partial charge in [0, 0.05) is 23.5 Å². The van der Waals surface area contributed by atoms with E-state index in [0.29, 0.717) is 19.4 Å². The molecule has 4 aliphatic carbocycles. The van der Waals surface area contributed by atoms with Crippen molar-refractivity contribution in [1.29, 1.82) is 0 Å². The van der Waals surface area contributed by atoms with Crippen LogP contribution >= 0.6 is 0 Å². The molecule has 8 rings (SSSR count). The third-order valence-electron chi connectivity index (χ3n) is 11.5. The number of carbonyl (C=O) groups is 1. The summed E-state index contributed by atoms with van der Waals surface area (Å²) in [5.41, 5.74) is 0.802. The number of aliphatic hydroxyl groups is 2. The first-order valence-electron chi connectivity index (χ1n) is 14.1. The van der Waals surface area contributed by atoms with E-state index in [0.717, 1.165) is 36.8 Å². The van der Waals surface area contributed by atoms with Crippen LogP contribution in [0.4, 0.5) is 0 Å². The Morgan fingerprint density at radius 2 is 1.95 bits per heavy atom. The number of hydrogen-bond acceptors (Lipinski definition) is 9. The Labute approximate surface area is 221 Å². The number of cyclic esters (lactones) is 1. The van der Waals surface area contributed by atoms with E-state index in [-0.39, 0.29) is 54.9 Å². The lowest BCUT2D eigenvalue weighted by molar-refractivity contribution is -0.421. The van der Waals surface area contributed by atoms with Gasteiger partial charge in [0.25, 0.3) is 0 Å². The summed E-state index contributed by atoms with van der Waals surface area (Å²) in [6, 6.07) is 0. The van der Waals surface area contributed by atoms with Gasteiger partial charge in [0.1, 0.15) is 30.5 Å². The molecule has 2 saturated carbocycles. The molecule has 0 amide bonds. The number of hydrogen-bond donors (Lipinski definition) is 2. The highest BCUT2D eigenvalue weighted by Gasteiger charge is 2.70. The Morgan fingerprint density at radius 3 is 2.76 bits per heavy atom. The second-order valence-corrected chi connectivity index (χ2v) is 13.0. The van der Waals surface area contributed by atoms with E-state index in [1.165, 1.54) is 11.6 Å². The van der Waals surface area contributed by atoms with Crippen molar-refractivity contribution in [2.24, 2.45) is 22.7 Å². The van der Waals surface area contributed by atoms with Crippen LogP contribution in [0.1, 0.15) is 52.4 Å². The van der Waals surface area contributed by atoms with Crippen LogP contribution in [0.3, 0.4) is 0 Å². The molecule has 0 aromatic carbocycles. The van der Waals surface area contributed by atoms with E-state index in [2.05, 4.69) is 19.9 Å². The molecule has 0 aromatic heterocycles. The standard InChI is InChI=1S/C29H36O9/c1-26-12-21-20(37-25-29(38-21)23(6-8-33-25)35-14-36-29)10-16(26)3-4-18-17(26)5-7-27(2)19(11-22(30)28(18,27)32)15-9-24(31)34-13-15/h9-11,17-18,20-23,25,30,32H,3-8,12-14H2,1-2H3/t17-,18-,20+,21+,22+,23+,25-,26-,27+,28+,29-/m0/s1. The first-order chi connectivity index (χ1) is 18.2. The third kappa shape index (κ3) is 2.83. The Hall–Kier alpha value is -1.59. The first-order valence-corrected chi connectivity index (χ1v) is 14.1. The summed E-state index contributed by atoms with van der Waals surface area (Å²) >= 11 is 0. The molecule has 38 heavy (non-hydrogen) atoms. The van der Waals surface area contributed by atoms with E-state index in [1.807, 2.05) is 0 Å². The summed E-state index contributed by atoms with van der Waals surface area (Å²) in [6.07, 6.45) is 7.92. The molecular weight excluding hydrogens is 492 g/mol. The Balaban J connectivity index is 1.12. The van der Waals surface area contributed by atoms with Crippen LogP contribution in [-0.4, -0.2) is 78.3 Å². The monoisotopic (exact) mass is 528 g/mol. The van der Waals surface area contributed by atoms with Gasteiger partial charge in [-0.3, -0.25) is 0 Å². The van der Waals surface area contributed by atoms with Gasteiger partial charge in [-0.05, 0) is 61.0 Å². The van der Waals surface area contributed by atoms with Gasteiger partial charge in [-0.15, -0.1) is 0 Å². The molecule has 2 N–H and O–H groups in total. The van der Waals surface area contributed by atoms with Gasteiger partial charge in [-0.25, -0.2) is 4.79 Å². The summed E-state index contributed by atoms with van der Waals surface area (Å²) in [5.74, 6) is -1.33. The maximum atomic E-state index is 12.5. The van der Waals surface area contributed by atoms with Gasteiger partial charge >= 0.3 is 5.97 Å². The van der Waals surface area contributed by atoms with Crippen molar-refractivity contribution in [3.05, 3.63) is 34.9 Å². The fraction of sp³-hybridized carbons (Fsp3) is 0.759. The highest BCUT2D eigenvalue weighted by molar-refractivity contribution is 5.87. The van der Waals surface area contributed by atoms with Gasteiger partial charge in [0.2, 0.25) is 12.1 Å². The summed E-state index contributed by atoms with van der Waals surface area (Å²) in [5, 5.41) is 23.9. The van der Waals surface area contributed by atoms with Gasteiger partial charge in [0.15, 0.2) is 6.79 Å². The number of ether oxygens (including phenoxy) is 6. The second-order valence-electron chi connectivity index (χ2n) is 13.0. The lowest BCUT2D eigenvalue weighted by atomic mass is 9.44. The fourth-order valence-corrected chi connectivity index (χ4v) is 9.57. The van der Waals surface area contributed by atoms with Gasteiger partial charge in [-0.2, -0.15) is 0 Å². The predicted molar refractivity (Wildman–Crippen MR) is 130 cm³/mol. The lowest BCUT2D eigenvalue weighted by Crippen LogP contribution is -2.68. The van der Waals surface area contributed by atoms with E-state index >= 15 is 0 Å². The zero-order chi connectivity index (χ0) is 26.1. The number of fused-ring (bicyclic) bond motifs is 6. The molecule has 1 spiro atoms. The Morgan fingerprint density at radius 1 is 1.08 bits per heavy atom. The topological polar surface area (TPSA) is 113 Å². The minimum Gasteiger partial charge on any atom is -0.458 e. The number of esters is 1. The number of rotatable bonds is 1. The SMILES string of the molecule is C[C@]12C[C@H]3O[C@@]45OCO[C@@H]4CCO[C@H]5O[C@@H]3C=C1CC[C@H]1[C@@H]2CC[C@]2(C)C(C3=CC(=O)OC3)=C[C@@H](O)[C@]12O. The number of carbonyl (C=O) groups excluding carboxylic acids is 1. The van der Waals surface area contributed by atoms with Crippen LogP contribution < -0.4 is 0 Å². The lowest BCUT2D eigenvalue weighted by Gasteiger charge is -2.63. The molecule has 206 valence electrons. The second kappa shape index (κ2) is 7.78. The summed E-state index contributed by atoms with van der Waals surface area (Å²) in [7, 11) is 0. The molecule has 0 unspecified atom stereocenters. The number of aliphatic hydroxyl groups excluding tert-OH is 1. The van der Waals surface area contributed by atoms with Crippen molar-refractivity contribution in [3.8, 4) is 0 Å². The van der Waals surface area contributed by atoms with Crippen molar-refractivity contribution in [1.82, 2.24) is 0 Å². The smallest absolute Gasteiger partial charge is 0.331 e. The van der Waals surface area contributed by atoms with Gasteiger partial charge in [-0.1, -0.05) is 25.5 Å². The van der Waals surface area contributed by atoms with Crippen molar-refractivity contribution >= 4 is 5.97 Å². The zero-order valence-electron chi connectivity index (χ0n) is 21.9. The maximum Gasteiger partial charge on any atom is 0.331 e. The molecule has 4 aliphatic heterocycles. The summed E-state index contributed by atoms with van der Waals surface area (Å²) in [6.45, 7) is 5.26. The first kappa shape index (κ1) is 24.2. The van der Waals surface area contributed by atoms with Crippen molar-refractivity contribution in [2.45, 2.75) is 94.5 Å². The van der Waals surface area contributed by atoms with E-state index in [9.17, 15) is 15.0 Å². The number of allylic oxidation sites excluding steroid dienone is 1. The van der Waals surface area contributed by atoms with E-state index in [4.69, 9.17) is 28.4 Å². The minimum absolute atomic E-state index is 0.102. The van der Waals surface area contributed by atoms with Crippen LogP contribution in [0.5, 0.6) is 0 Å². The molecule has 8 aliphatic rings. The molecule has 5 fully saturated rings. The molecule has 0 bridgehead atoms. The molecule has 0 radical (unpaired) electrons. The molecule has 3 saturated heterocycles. The van der Waals surface area contributed by atoms with Crippen molar-refractivity contribution < 1.29 is 43.4 Å². The van der Waals surface area contributed by atoms with Crippen LogP contribution in [0.2, 0.25) is 0 Å². The van der Waals surface area contributed by atoms with E-state index in [1.54, 1.807) is 6.08 Å².